The Kier molecular flexibility index (Phi) is 7.69. The van der Waals surface area contributed by atoms with Gasteiger partial charge in [-0.05, 0) is 73.9 Å². The number of aryl methyl sites for hydroxylation is 1. The number of fused-ring (bicyclic) bond motifs is 1. The maximum atomic E-state index is 13.1. The van der Waals surface area contributed by atoms with Gasteiger partial charge in [-0.2, -0.15) is 13.2 Å². The highest BCUT2D eigenvalue weighted by atomic mass is 32.2. The molecule has 0 bridgehead atoms. The lowest BCUT2D eigenvalue weighted by molar-refractivity contribution is -0.186. The second-order valence-corrected chi connectivity index (χ2v) is 12.4. The summed E-state index contributed by atoms with van der Waals surface area (Å²) in [4.78, 5) is 5.94. The Morgan fingerprint density at radius 3 is 2.47 bits per heavy atom. The van der Waals surface area contributed by atoms with Crippen molar-refractivity contribution in [2.24, 2.45) is 5.92 Å². The van der Waals surface area contributed by atoms with Crippen LogP contribution in [0, 0.1) is 5.92 Å². The molecule has 0 radical (unpaired) electrons. The molecule has 1 N–H and O–H groups in total. The van der Waals surface area contributed by atoms with Gasteiger partial charge < -0.3 is 9.84 Å². The summed E-state index contributed by atoms with van der Waals surface area (Å²) in [6, 6.07) is 7.92. The van der Waals surface area contributed by atoms with E-state index in [-0.39, 0.29) is 24.0 Å². The Balaban J connectivity index is 1.40. The molecule has 1 fully saturated rings. The number of alkyl halides is 3. The van der Waals surface area contributed by atoms with Crippen molar-refractivity contribution in [3.63, 3.8) is 0 Å². The summed E-state index contributed by atoms with van der Waals surface area (Å²) in [5, 5.41) is 9.12. The van der Waals surface area contributed by atoms with Crippen molar-refractivity contribution in [1.82, 2.24) is 9.88 Å². The van der Waals surface area contributed by atoms with Gasteiger partial charge in [-0.25, -0.2) is 8.42 Å². The number of hydrogen-bond donors (Lipinski definition) is 1. The fourth-order valence-electron chi connectivity index (χ4n) is 5.04. The zero-order chi connectivity index (χ0) is 26.1. The molecule has 1 aromatic heterocycles. The molecule has 10 heteroatoms. The minimum Gasteiger partial charge on any atom is -0.487 e. The first kappa shape index (κ1) is 26.9. The lowest BCUT2D eigenvalue weighted by atomic mass is 9.82. The zero-order valence-corrected chi connectivity index (χ0v) is 21.4. The first-order valence-electron chi connectivity index (χ1n) is 12.3. The van der Waals surface area contributed by atoms with Crippen LogP contribution in [0.25, 0.3) is 11.3 Å². The fourth-order valence-corrected chi connectivity index (χ4v) is 6.81. The van der Waals surface area contributed by atoms with Gasteiger partial charge in [-0.15, -0.1) is 0 Å². The summed E-state index contributed by atoms with van der Waals surface area (Å²) in [7, 11) is -3.34. The van der Waals surface area contributed by atoms with Crippen LogP contribution in [-0.4, -0.2) is 66.7 Å². The number of aromatic nitrogens is 1. The molecule has 2 aliphatic rings. The molecular formula is C26H33F3N2O4S. The number of likely N-dealkylation sites (tertiary alicyclic amines) is 1. The standard InChI is InChI=1S/C26H33F3N2O4S/c1-18(15-32)16-36(33,34)17-20-3-5-23(30-14-20)21-4-6-24-22(13-21)7-8-25(35-24)9-11-31(12-10-25)19(2)26(27,28)29/h3-6,13-14,18-19,32H,7-12,15-17H2,1-2H3/t18-,19?/m1/s1. The number of sulfone groups is 1. The summed E-state index contributed by atoms with van der Waals surface area (Å²) in [5.41, 5.74) is 2.83. The number of aliphatic hydroxyl groups excluding tert-OH is 1. The quantitative estimate of drug-likeness (QED) is 0.576. The van der Waals surface area contributed by atoms with Gasteiger partial charge in [0.05, 0.1) is 17.2 Å². The van der Waals surface area contributed by atoms with Gasteiger partial charge in [0.25, 0.3) is 0 Å². The zero-order valence-electron chi connectivity index (χ0n) is 20.6. The molecule has 1 saturated heterocycles. The molecule has 2 aliphatic heterocycles. The molecule has 198 valence electrons. The van der Waals surface area contributed by atoms with Crippen LogP contribution in [0.2, 0.25) is 0 Å². The van der Waals surface area contributed by atoms with Gasteiger partial charge in [-0.1, -0.05) is 13.0 Å². The number of nitrogens with zero attached hydrogens (tertiary/aromatic N) is 2. The van der Waals surface area contributed by atoms with Crippen molar-refractivity contribution in [3.05, 3.63) is 47.7 Å². The van der Waals surface area contributed by atoms with Crippen LogP contribution in [0.5, 0.6) is 5.75 Å². The average Bonchev–Trinajstić information content (AvgIpc) is 2.83. The number of benzene rings is 1. The summed E-state index contributed by atoms with van der Waals surface area (Å²) in [6.07, 6.45) is 0.0118. The van der Waals surface area contributed by atoms with E-state index in [0.717, 1.165) is 35.4 Å². The molecule has 0 aliphatic carbocycles. The van der Waals surface area contributed by atoms with Gasteiger partial charge >= 0.3 is 6.18 Å². The van der Waals surface area contributed by atoms with Crippen molar-refractivity contribution in [1.29, 1.82) is 0 Å². The monoisotopic (exact) mass is 526 g/mol. The second kappa shape index (κ2) is 10.3. The normalized spacial score (nSPS) is 19.9. The number of rotatable bonds is 7. The van der Waals surface area contributed by atoms with E-state index in [4.69, 9.17) is 9.84 Å². The lowest BCUT2D eigenvalue weighted by Crippen LogP contribution is -2.54. The van der Waals surface area contributed by atoms with E-state index in [9.17, 15) is 21.6 Å². The van der Waals surface area contributed by atoms with Crippen LogP contribution in [0.3, 0.4) is 0 Å². The lowest BCUT2D eigenvalue weighted by Gasteiger charge is -2.46. The Labute approximate surface area is 210 Å². The molecule has 4 rings (SSSR count). The van der Waals surface area contributed by atoms with E-state index in [1.54, 1.807) is 25.3 Å². The van der Waals surface area contributed by atoms with Crippen LogP contribution >= 0.6 is 0 Å². The minimum absolute atomic E-state index is 0.0725. The molecule has 6 nitrogen and oxygen atoms in total. The van der Waals surface area contributed by atoms with Crippen molar-refractivity contribution in [3.8, 4) is 17.0 Å². The molecule has 3 heterocycles. The number of ether oxygens (including phenoxy) is 1. The third-order valence-electron chi connectivity index (χ3n) is 7.32. The van der Waals surface area contributed by atoms with E-state index < -0.39 is 27.7 Å². The van der Waals surface area contributed by atoms with Gasteiger partial charge in [-0.3, -0.25) is 9.88 Å². The van der Waals surface area contributed by atoms with Gasteiger partial charge in [0.15, 0.2) is 9.84 Å². The number of hydrogen-bond acceptors (Lipinski definition) is 6. The molecule has 2 aromatic rings. The highest BCUT2D eigenvalue weighted by Gasteiger charge is 2.45. The minimum atomic E-state index is -4.22. The summed E-state index contributed by atoms with van der Waals surface area (Å²) in [6.45, 7) is 3.46. The van der Waals surface area contributed by atoms with Crippen LogP contribution in [0.15, 0.2) is 36.5 Å². The van der Waals surface area contributed by atoms with Gasteiger partial charge in [0.1, 0.15) is 17.4 Å². The maximum absolute atomic E-state index is 13.1. The van der Waals surface area contributed by atoms with Crippen LogP contribution in [0.1, 0.15) is 44.2 Å². The number of halogens is 3. The van der Waals surface area contributed by atoms with E-state index in [1.807, 2.05) is 18.2 Å². The van der Waals surface area contributed by atoms with E-state index >= 15 is 0 Å². The molecule has 1 aromatic carbocycles. The molecule has 2 atom stereocenters. The number of piperidine rings is 1. The summed E-state index contributed by atoms with van der Waals surface area (Å²) >= 11 is 0. The molecule has 0 amide bonds. The Morgan fingerprint density at radius 2 is 1.86 bits per heavy atom. The van der Waals surface area contributed by atoms with E-state index in [1.165, 1.54) is 11.8 Å². The predicted molar refractivity (Wildman–Crippen MR) is 131 cm³/mol. The maximum Gasteiger partial charge on any atom is 0.403 e. The third-order valence-corrected chi connectivity index (χ3v) is 9.17. The topological polar surface area (TPSA) is 79.7 Å². The molecular weight excluding hydrogens is 493 g/mol. The fraction of sp³-hybridized carbons (Fsp3) is 0.577. The van der Waals surface area contributed by atoms with E-state index in [0.29, 0.717) is 31.5 Å². The Morgan fingerprint density at radius 1 is 1.14 bits per heavy atom. The van der Waals surface area contributed by atoms with Gasteiger partial charge in [0.2, 0.25) is 0 Å². The number of pyridine rings is 1. The average molecular weight is 527 g/mol. The molecule has 1 spiro atoms. The summed E-state index contributed by atoms with van der Waals surface area (Å²) < 4.78 is 70.2. The molecule has 36 heavy (non-hydrogen) atoms. The second-order valence-electron chi connectivity index (χ2n) is 10.3. The van der Waals surface area contributed by atoms with Crippen molar-refractivity contribution in [2.75, 3.05) is 25.4 Å². The largest absolute Gasteiger partial charge is 0.487 e. The SMILES string of the molecule is CC(N1CCC2(CCc3cc(-c4ccc(CS(=O)(=O)C[C@H](C)CO)cn4)ccc3O2)CC1)C(F)(F)F. The molecule has 0 saturated carbocycles. The van der Waals surface area contributed by atoms with Crippen molar-refractivity contribution in [2.45, 2.75) is 63.1 Å². The predicted octanol–water partition coefficient (Wildman–Crippen LogP) is 4.40. The number of aliphatic hydroxyl groups is 1. The van der Waals surface area contributed by atoms with Crippen LogP contribution in [0.4, 0.5) is 13.2 Å². The summed E-state index contributed by atoms with van der Waals surface area (Å²) in [5.74, 6) is 0.263. The van der Waals surface area contributed by atoms with Crippen LogP contribution in [-0.2, 0) is 22.0 Å². The van der Waals surface area contributed by atoms with Crippen LogP contribution < -0.4 is 4.74 Å². The Hall–Kier alpha value is -2.17. The Bertz CT molecular complexity index is 1160. The highest BCUT2D eigenvalue weighted by Crippen LogP contribution is 2.41. The van der Waals surface area contributed by atoms with Crippen molar-refractivity contribution >= 4 is 9.84 Å². The first-order valence-corrected chi connectivity index (χ1v) is 14.1. The van der Waals surface area contributed by atoms with Crippen molar-refractivity contribution < 1.29 is 31.4 Å². The smallest absolute Gasteiger partial charge is 0.403 e. The molecule has 1 unspecified atom stereocenters. The first-order chi connectivity index (χ1) is 16.9. The van der Waals surface area contributed by atoms with E-state index in [2.05, 4.69) is 4.98 Å². The third kappa shape index (κ3) is 6.20. The highest BCUT2D eigenvalue weighted by molar-refractivity contribution is 7.90. The van der Waals surface area contributed by atoms with Gasteiger partial charge in [0, 0.05) is 31.5 Å².